The van der Waals surface area contributed by atoms with Crippen LogP contribution in [0.15, 0.2) is 0 Å². The molecule has 0 bridgehead atoms. The number of hydrogen-bond donors (Lipinski definition) is 2. The summed E-state index contributed by atoms with van der Waals surface area (Å²) in [7, 11) is 0. The Kier molecular flexibility index (Phi) is 3.40. The van der Waals surface area contributed by atoms with Gasteiger partial charge in [0.15, 0.2) is 0 Å². The number of rotatable bonds is 3. The molecule has 0 aromatic carbocycles. The molecule has 0 spiro atoms. The highest BCUT2D eigenvalue weighted by Crippen LogP contribution is 2.28. The van der Waals surface area contributed by atoms with Gasteiger partial charge in [0.25, 0.3) is 0 Å². The molecular formula is C11H20N2O. The number of amides is 1. The van der Waals surface area contributed by atoms with E-state index >= 15 is 0 Å². The Bertz CT molecular complexity index is 193. The van der Waals surface area contributed by atoms with Crippen molar-refractivity contribution in [3.63, 3.8) is 0 Å². The molecule has 80 valence electrons. The minimum Gasteiger partial charge on any atom is -0.356 e. The molecule has 1 unspecified atom stereocenters. The summed E-state index contributed by atoms with van der Waals surface area (Å²) in [5.74, 6) is 1.36. The van der Waals surface area contributed by atoms with Crippen LogP contribution in [0.25, 0.3) is 0 Å². The summed E-state index contributed by atoms with van der Waals surface area (Å²) in [4.78, 5) is 11.4. The summed E-state index contributed by atoms with van der Waals surface area (Å²) in [6.45, 7) is 3.16. The van der Waals surface area contributed by atoms with Crippen LogP contribution in [-0.2, 0) is 4.79 Å². The third-order valence-corrected chi connectivity index (χ3v) is 3.21. The van der Waals surface area contributed by atoms with Crippen molar-refractivity contribution in [2.45, 2.75) is 32.1 Å². The zero-order valence-electron chi connectivity index (χ0n) is 8.72. The van der Waals surface area contributed by atoms with Crippen molar-refractivity contribution in [1.29, 1.82) is 0 Å². The third-order valence-electron chi connectivity index (χ3n) is 3.21. The zero-order valence-corrected chi connectivity index (χ0v) is 8.72. The molecule has 3 heteroatoms. The van der Waals surface area contributed by atoms with Gasteiger partial charge >= 0.3 is 0 Å². The van der Waals surface area contributed by atoms with Crippen LogP contribution in [0, 0.1) is 11.8 Å². The first-order valence-electron chi connectivity index (χ1n) is 5.84. The van der Waals surface area contributed by atoms with Crippen LogP contribution in [0.1, 0.15) is 32.1 Å². The Morgan fingerprint density at radius 1 is 1.21 bits per heavy atom. The largest absolute Gasteiger partial charge is 0.356 e. The second-order valence-corrected chi connectivity index (χ2v) is 4.57. The molecule has 1 amide bonds. The number of hydrogen-bond acceptors (Lipinski definition) is 2. The van der Waals surface area contributed by atoms with E-state index in [9.17, 15) is 4.79 Å². The van der Waals surface area contributed by atoms with Crippen molar-refractivity contribution < 1.29 is 4.79 Å². The number of carbonyl (C=O) groups excluding carboxylic acids is 1. The van der Waals surface area contributed by atoms with Gasteiger partial charge in [0.1, 0.15) is 0 Å². The van der Waals surface area contributed by atoms with Gasteiger partial charge in [0, 0.05) is 12.5 Å². The molecule has 0 radical (unpaired) electrons. The molecule has 1 aliphatic carbocycles. The van der Waals surface area contributed by atoms with Crippen LogP contribution in [-0.4, -0.2) is 25.5 Å². The SMILES string of the molecule is O=C(NCC1CCCNCC1)C1CC1. The lowest BCUT2D eigenvalue weighted by molar-refractivity contribution is -0.122. The Labute approximate surface area is 85.6 Å². The maximum absolute atomic E-state index is 11.4. The molecule has 14 heavy (non-hydrogen) atoms. The molecule has 1 atom stereocenters. The van der Waals surface area contributed by atoms with Crippen LogP contribution >= 0.6 is 0 Å². The van der Waals surface area contributed by atoms with E-state index in [2.05, 4.69) is 10.6 Å². The van der Waals surface area contributed by atoms with E-state index in [0.29, 0.717) is 17.7 Å². The normalized spacial score (nSPS) is 28.1. The Balaban J connectivity index is 1.65. The molecular weight excluding hydrogens is 176 g/mol. The first-order chi connectivity index (χ1) is 6.86. The van der Waals surface area contributed by atoms with Crippen molar-refractivity contribution in [3.05, 3.63) is 0 Å². The predicted octanol–water partition coefficient (Wildman–Crippen LogP) is 0.902. The van der Waals surface area contributed by atoms with Gasteiger partial charge in [0.2, 0.25) is 5.91 Å². The highest BCUT2D eigenvalue weighted by molar-refractivity contribution is 5.80. The predicted molar refractivity (Wildman–Crippen MR) is 55.9 cm³/mol. The topological polar surface area (TPSA) is 41.1 Å². The van der Waals surface area contributed by atoms with E-state index < -0.39 is 0 Å². The Hall–Kier alpha value is -0.570. The monoisotopic (exact) mass is 196 g/mol. The van der Waals surface area contributed by atoms with Crippen molar-refractivity contribution in [2.75, 3.05) is 19.6 Å². The van der Waals surface area contributed by atoms with Crippen molar-refractivity contribution in [2.24, 2.45) is 11.8 Å². The molecule has 0 aromatic heterocycles. The lowest BCUT2D eigenvalue weighted by Crippen LogP contribution is -2.30. The molecule has 2 aliphatic rings. The summed E-state index contributed by atoms with van der Waals surface area (Å²) in [5, 5.41) is 6.46. The van der Waals surface area contributed by atoms with Gasteiger partial charge in [-0.15, -0.1) is 0 Å². The fraction of sp³-hybridized carbons (Fsp3) is 0.909. The van der Waals surface area contributed by atoms with Crippen molar-refractivity contribution in [3.8, 4) is 0 Å². The average molecular weight is 196 g/mol. The van der Waals surface area contributed by atoms with E-state index in [-0.39, 0.29) is 0 Å². The highest BCUT2D eigenvalue weighted by atomic mass is 16.2. The Morgan fingerprint density at radius 2 is 2.07 bits per heavy atom. The van der Waals surface area contributed by atoms with Gasteiger partial charge in [-0.25, -0.2) is 0 Å². The fourth-order valence-corrected chi connectivity index (χ4v) is 2.03. The van der Waals surface area contributed by atoms with Crippen LogP contribution in [0.4, 0.5) is 0 Å². The van der Waals surface area contributed by atoms with Crippen LogP contribution in [0.2, 0.25) is 0 Å². The number of carbonyl (C=O) groups is 1. The lowest BCUT2D eigenvalue weighted by Gasteiger charge is -2.14. The summed E-state index contributed by atoms with van der Waals surface area (Å²) in [6.07, 6.45) is 5.95. The van der Waals surface area contributed by atoms with Crippen molar-refractivity contribution in [1.82, 2.24) is 10.6 Å². The van der Waals surface area contributed by atoms with E-state index in [1.807, 2.05) is 0 Å². The van der Waals surface area contributed by atoms with Crippen LogP contribution < -0.4 is 10.6 Å². The molecule has 2 N–H and O–H groups in total. The molecule has 2 rings (SSSR count). The minimum atomic E-state index is 0.294. The van der Waals surface area contributed by atoms with E-state index in [1.54, 1.807) is 0 Å². The smallest absolute Gasteiger partial charge is 0.223 e. The van der Waals surface area contributed by atoms with Gasteiger partial charge in [-0.2, -0.15) is 0 Å². The zero-order chi connectivity index (χ0) is 9.80. The number of nitrogens with one attached hydrogen (secondary N) is 2. The lowest BCUT2D eigenvalue weighted by atomic mass is 10.0. The maximum atomic E-state index is 11.4. The van der Waals surface area contributed by atoms with Crippen LogP contribution in [0.5, 0.6) is 0 Å². The molecule has 3 nitrogen and oxygen atoms in total. The van der Waals surface area contributed by atoms with E-state index in [0.717, 1.165) is 32.5 Å². The van der Waals surface area contributed by atoms with E-state index in [4.69, 9.17) is 0 Å². The second kappa shape index (κ2) is 4.78. The van der Waals surface area contributed by atoms with Crippen molar-refractivity contribution >= 4 is 5.91 Å². The summed E-state index contributed by atoms with van der Waals surface area (Å²) in [5.41, 5.74) is 0. The molecule has 0 aromatic rings. The maximum Gasteiger partial charge on any atom is 0.223 e. The molecule has 1 saturated carbocycles. The highest BCUT2D eigenvalue weighted by Gasteiger charge is 2.29. The summed E-state index contributed by atoms with van der Waals surface area (Å²) >= 11 is 0. The second-order valence-electron chi connectivity index (χ2n) is 4.57. The van der Waals surface area contributed by atoms with Gasteiger partial charge < -0.3 is 10.6 Å². The average Bonchev–Trinajstić information content (AvgIpc) is 3.01. The van der Waals surface area contributed by atoms with Gasteiger partial charge in [-0.3, -0.25) is 4.79 Å². The molecule has 2 fully saturated rings. The molecule has 1 saturated heterocycles. The molecule has 1 aliphatic heterocycles. The van der Waals surface area contributed by atoms with Crippen LogP contribution in [0.3, 0.4) is 0 Å². The van der Waals surface area contributed by atoms with Gasteiger partial charge in [-0.05, 0) is 51.1 Å². The van der Waals surface area contributed by atoms with E-state index in [1.165, 1.54) is 19.3 Å². The molecule has 1 heterocycles. The third kappa shape index (κ3) is 2.98. The first-order valence-corrected chi connectivity index (χ1v) is 5.84. The standard InChI is InChI=1S/C11H20N2O/c14-11(10-3-4-10)13-8-9-2-1-6-12-7-5-9/h9-10,12H,1-8H2,(H,13,14). The van der Waals surface area contributed by atoms with Gasteiger partial charge in [-0.1, -0.05) is 0 Å². The first kappa shape index (κ1) is 9.97. The van der Waals surface area contributed by atoms with Gasteiger partial charge in [0.05, 0.1) is 0 Å². The minimum absolute atomic E-state index is 0.294. The fourth-order valence-electron chi connectivity index (χ4n) is 2.03. The summed E-state index contributed by atoms with van der Waals surface area (Å²) in [6, 6.07) is 0. The summed E-state index contributed by atoms with van der Waals surface area (Å²) < 4.78 is 0. The quantitative estimate of drug-likeness (QED) is 0.704. The Morgan fingerprint density at radius 3 is 2.86 bits per heavy atom.